The molecule has 0 radical (unpaired) electrons. The lowest BCUT2D eigenvalue weighted by Gasteiger charge is -2.33. The second kappa shape index (κ2) is 11.6. The van der Waals surface area contributed by atoms with Crippen molar-refractivity contribution in [2.24, 2.45) is 0 Å². The van der Waals surface area contributed by atoms with Crippen molar-refractivity contribution in [2.45, 2.75) is 205 Å². The molecule has 4 saturated heterocycles. The molecule has 4 aliphatic heterocycles. The molecule has 8 heteroatoms. The molecule has 4 fully saturated rings. The molecule has 0 aromatic heterocycles. The normalized spacial score (nSPS) is 32.2. The average molecular weight is 693 g/mol. The van der Waals surface area contributed by atoms with Gasteiger partial charge in [0.25, 0.3) is 0 Å². The Labute approximate surface area is 302 Å². The summed E-state index contributed by atoms with van der Waals surface area (Å²) >= 11 is 0. The monoisotopic (exact) mass is 693 g/mol. The molecule has 0 bridgehead atoms. The second-order valence-corrected chi connectivity index (χ2v) is 21.1. The van der Waals surface area contributed by atoms with Gasteiger partial charge in [-0.15, -0.1) is 0 Å². The van der Waals surface area contributed by atoms with Gasteiger partial charge in [-0.2, -0.15) is 0 Å². The topological polar surface area (TPSA) is 85.0 Å². The molecule has 280 valence electrons. The van der Waals surface area contributed by atoms with E-state index in [4.69, 9.17) is 18.9 Å². The zero-order valence-corrected chi connectivity index (χ0v) is 34.1. The van der Waals surface area contributed by atoms with Crippen LogP contribution in [0.3, 0.4) is 0 Å². The molecule has 2 aromatic carbocycles. The maximum absolute atomic E-state index is 7.28. The number of nitrogens with one attached hydrogen (secondary N) is 4. The van der Waals surface area contributed by atoms with Gasteiger partial charge in [0, 0.05) is 53.9 Å². The van der Waals surface area contributed by atoms with Crippen molar-refractivity contribution in [3.63, 3.8) is 0 Å². The molecular formula is C42H68N4O4. The minimum atomic E-state index is -0.252. The first-order valence-electron chi connectivity index (χ1n) is 19.0. The Bertz CT molecular complexity index is 1620. The van der Waals surface area contributed by atoms with E-state index in [-0.39, 0.29) is 68.7 Å². The van der Waals surface area contributed by atoms with Crippen LogP contribution in [0.15, 0.2) is 24.3 Å². The van der Waals surface area contributed by atoms with Crippen LogP contribution in [0.1, 0.15) is 136 Å². The number of benzene rings is 2. The number of hydrogen-bond donors (Lipinski definition) is 4. The molecule has 4 atom stereocenters. The van der Waals surface area contributed by atoms with Crippen molar-refractivity contribution in [1.82, 2.24) is 21.3 Å². The highest BCUT2D eigenvalue weighted by Gasteiger charge is 2.50. The third kappa shape index (κ3) is 7.47. The van der Waals surface area contributed by atoms with E-state index in [1.54, 1.807) is 0 Å². The molecule has 6 rings (SSSR count). The minimum Gasteiger partial charge on any atom is -0.488 e. The van der Waals surface area contributed by atoms with E-state index in [2.05, 4.69) is 156 Å². The van der Waals surface area contributed by atoms with E-state index in [0.717, 1.165) is 59.5 Å². The van der Waals surface area contributed by atoms with E-state index in [0.29, 0.717) is 0 Å². The van der Waals surface area contributed by atoms with E-state index in [9.17, 15) is 0 Å². The Morgan fingerprint density at radius 2 is 0.800 bits per heavy atom. The first-order chi connectivity index (χ1) is 22.6. The summed E-state index contributed by atoms with van der Waals surface area (Å²) in [5.41, 5.74) is -1.08. The van der Waals surface area contributed by atoms with Gasteiger partial charge < -0.3 is 40.2 Å². The van der Waals surface area contributed by atoms with Crippen LogP contribution in [-0.4, -0.2) is 68.7 Å². The molecule has 4 unspecified atom stereocenters. The van der Waals surface area contributed by atoms with Crippen LogP contribution in [0.4, 0.5) is 0 Å². The van der Waals surface area contributed by atoms with Gasteiger partial charge in [0.2, 0.25) is 0 Å². The SMILES string of the molecule is CC1(C)CC(Oc2cc(OC3CC(C)(C)NC3(C)C)c3c(OC4CC(C)(C)NC4(C)C)c(OC4CC(C)(C)NC4(C)C)ccc3c2)C(C)(C)N1. The fourth-order valence-corrected chi connectivity index (χ4v) is 9.98. The van der Waals surface area contributed by atoms with Crippen molar-refractivity contribution in [2.75, 3.05) is 0 Å². The second-order valence-electron chi connectivity index (χ2n) is 21.1. The molecule has 0 spiro atoms. The number of ether oxygens (including phenoxy) is 4. The van der Waals surface area contributed by atoms with Gasteiger partial charge in [-0.3, -0.25) is 0 Å². The highest BCUT2D eigenvalue weighted by Crippen LogP contribution is 2.49. The molecule has 2 aromatic rings. The van der Waals surface area contributed by atoms with Crippen LogP contribution >= 0.6 is 0 Å². The first kappa shape index (κ1) is 37.5. The quantitative estimate of drug-likeness (QED) is 0.221. The average Bonchev–Trinajstić information content (AvgIpc) is 3.42. The van der Waals surface area contributed by atoms with Crippen LogP contribution in [-0.2, 0) is 0 Å². The van der Waals surface area contributed by atoms with Gasteiger partial charge in [0.1, 0.15) is 35.9 Å². The number of fused-ring (bicyclic) bond motifs is 1. The van der Waals surface area contributed by atoms with Gasteiger partial charge in [-0.25, -0.2) is 0 Å². The maximum atomic E-state index is 7.28. The summed E-state index contributed by atoms with van der Waals surface area (Å²) in [4.78, 5) is 0. The lowest BCUT2D eigenvalue weighted by atomic mass is 9.95. The summed E-state index contributed by atoms with van der Waals surface area (Å²) in [6.07, 6.45) is 3.32. The Hall–Kier alpha value is -2.26. The van der Waals surface area contributed by atoms with Gasteiger partial charge in [-0.1, -0.05) is 6.07 Å². The molecule has 4 heterocycles. The van der Waals surface area contributed by atoms with Crippen LogP contribution in [0.2, 0.25) is 0 Å². The lowest BCUT2D eigenvalue weighted by molar-refractivity contribution is 0.113. The Morgan fingerprint density at radius 3 is 1.18 bits per heavy atom. The van der Waals surface area contributed by atoms with Crippen LogP contribution in [0.25, 0.3) is 10.8 Å². The Kier molecular flexibility index (Phi) is 8.71. The number of hydrogen-bond acceptors (Lipinski definition) is 8. The van der Waals surface area contributed by atoms with Crippen molar-refractivity contribution < 1.29 is 18.9 Å². The fourth-order valence-electron chi connectivity index (χ4n) is 9.98. The van der Waals surface area contributed by atoms with Crippen LogP contribution in [0.5, 0.6) is 23.0 Å². The summed E-state index contributed by atoms with van der Waals surface area (Å²) in [5.74, 6) is 3.07. The van der Waals surface area contributed by atoms with E-state index >= 15 is 0 Å². The van der Waals surface area contributed by atoms with Crippen molar-refractivity contribution in [1.29, 1.82) is 0 Å². The smallest absolute Gasteiger partial charge is 0.173 e. The van der Waals surface area contributed by atoms with E-state index in [1.165, 1.54) is 0 Å². The van der Waals surface area contributed by atoms with Crippen LogP contribution in [0, 0.1) is 0 Å². The molecule has 4 aliphatic rings. The van der Waals surface area contributed by atoms with Gasteiger partial charge in [-0.05, 0) is 128 Å². The molecule has 0 aliphatic carbocycles. The molecule has 0 amide bonds. The zero-order chi connectivity index (χ0) is 37.1. The van der Waals surface area contributed by atoms with Gasteiger partial charge in [0.15, 0.2) is 11.5 Å². The Balaban J connectivity index is 1.51. The molecule has 4 N–H and O–H groups in total. The fraction of sp³-hybridized carbons (Fsp3) is 0.762. The molecule has 0 saturated carbocycles. The summed E-state index contributed by atoms with van der Waals surface area (Å²) in [5, 5.41) is 17.2. The van der Waals surface area contributed by atoms with E-state index in [1.807, 2.05) is 0 Å². The van der Waals surface area contributed by atoms with E-state index < -0.39 is 0 Å². The summed E-state index contributed by atoms with van der Waals surface area (Å²) in [6, 6.07) is 8.52. The summed E-state index contributed by atoms with van der Waals surface area (Å²) < 4.78 is 28.5. The molecule has 50 heavy (non-hydrogen) atoms. The van der Waals surface area contributed by atoms with Crippen molar-refractivity contribution in [3.8, 4) is 23.0 Å². The molecule has 8 nitrogen and oxygen atoms in total. The highest BCUT2D eigenvalue weighted by atomic mass is 16.5. The summed E-state index contributed by atoms with van der Waals surface area (Å²) in [6.45, 7) is 35.9. The number of rotatable bonds is 8. The van der Waals surface area contributed by atoms with Gasteiger partial charge in [0.05, 0.1) is 27.5 Å². The molecular weight excluding hydrogens is 624 g/mol. The third-order valence-electron chi connectivity index (χ3n) is 11.7. The predicted molar refractivity (Wildman–Crippen MR) is 205 cm³/mol. The predicted octanol–water partition coefficient (Wildman–Crippen LogP) is 8.03. The van der Waals surface area contributed by atoms with Crippen molar-refractivity contribution >= 4 is 10.8 Å². The van der Waals surface area contributed by atoms with Crippen LogP contribution < -0.4 is 40.2 Å². The summed E-state index contributed by atoms with van der Waals surface area (Å²) in [7, 11) is 0. The first-order valence-corrected chi connectivity index (χ1v) is 19.0. The standard InChI is InChI=1S/C42H68N4O4/c1-35(2)21-29(39(9,10)43-35)47-26-19-25-17-18-27(48-30-22-36(3,4)44-40(30,11)12)34(50-32-24-38(7,8)46-42(32,15)16)33(25)28(20-26)49-31-23-37(5,6)45-41(31,13)14/h17-20,29-32,43-46H,21-24H2,1-16H3. The largest absolute Gasteiger partial charge is 0.488 e. The Morgan fingerprint density at radius 1 is 0.440 bits per heavy atom. The highest BCUT2D eigenvalue weighted by molar-refractivity contribution is 5.97. The van der Waals surface area contributed by atoms with Gasteiger partial charge >= 0.3 is 0 Å². The van der Waals surface area contributed by atoms with Crippen molar-refractivity contribution in [3.05, 3.63) is 24.3 Å². The maximum Gasteiger partial charge on any atom is 0.173 e. The minimum absolute atomic E-state index is 0.00213. The lowest BCUT2D eigenvalue weighted by Crippen LogP contribution is -2.48. The third-order valence-corrected chi connectivity index (χ3v) is 11.7. The zero-order valence-electron chi connectivity index (χ0n) is 34.1.